The van der Waals surface area contributed by atoms with Gasteiger partial charge in [-0.25, -0.2) is 13.8 Å². The van der Waals surface area contributed by atoms with Crippen LogP contribution in [0, 0.1) is 11.6 Å². The van der Waals surface area contributed by atoms with Crippen LogP contribution in [0.1, 0.15) is 40.2 Å². The molecular formula is C21H25F2N5OS. The lowest BCUT2D eigenvalue weighted by Crippen LogP contribution is -2.44. The molecule has 2 aromatic heterocycles. The maximum absolute atomic E-state index is 14.7. The van der Waals surface area contributed by atoms with Crippen molar-refractivity contribution >= 4 is 40.2 Å². The van der Waals surface area contributed by atoms with Crippen molar-refractivity contribution in [2.45, 2.75) is 44.9 Å². The monoisotopic (exact) mass is 433 g/mol. The SMILES string of the molecule is CC.CC1(C)SCC(C)(c2cc(Nc3noc4cc(F)cnc34)ccc2F)N=C1N. The standard InChI is InChI=1S/C19H19F2N5OS.C2H6/c1-18(2)17(22)25-19(3,9-28-18)12-7-11(4-5-13(12)21)24-16-15-14(27-26-16)6-10(20)8-23-15;1-2/h4-8H,9H2,1-3H3,(H2,22,25)(H,24,26);1-2H3. The average molecular weight is 434 g/mol. The number of amidine groups is 1. The van der Waals surface area contributed by atoms with Gasteiger partial charge in [-0.15, -0.1) is 11.8 Å². The van der Waals surface area contributed by atoms with Crippen LogP contribution in [0.25, 0.3) is 11.1 Å². The van der Waals surface area contributed by atoms with E-state index in [0.717, 1.165) is 6.20 Å². The summed E-state index contributed by atoms with van der Waals surface area (Å²) in [4.78, 5) is 8.61. The third kappa shape index (κ3) is 4.12. The highest BCUT2D eigenvalue weighted by molar-refractivity contribution is 8.01. The topological polar surface area (TPSA) is 89.3 Å². The molecule has 1 atom stereocenters. The van der Waals surface area contributed by atoms with Crippen molar-refractivity contribution < 1.29 is 13.3 Å². The van der Waals surface area contributed by atoms with Gasteiger partial charge in [0.25, 0.3) is 0 Å². The van der Waals surface area contributed by atoms with Gasteiger partial charge in [0, 0.05) is 23.1 Å². The number of hydrogen-bond acceptors (Lipinski definition) is 7. The lowest BCUT2D eigenvalue weighted by atomic mass is 9.92. The molecule has 30 heavy (non-hydrogen) atoms. The van der Waals surface area contributed by atoms with Gasteiger partial charge in [0.1, 0.15) is 17.5 Å². The maximum atomic E-state index is 14.7. The highest BCUT2D eigenvalue weighted by Gasteiger charge is 2.39. The Morgan fingerprint density at radius 3 is 2.60 bits per heavy atom. The molecule has 160 valence electrons. The average Bonchev–Trinajstić information content (AvgIpc) is 3.10. The van der Waals surface area contributed by atoms with E-state index in [1.165, 1.54) is 12.1 Å². The molecule has 1 aromatic carbocycles. The molecule has 0 saturated heterocycles. The Morgan fingerprint density at radius 1 is 1.17 bits per heavy atom. The first-order valence-electron chi connectivity index (χ1n) is 9.66. The van der Waals surface area contributed by atoms with E-state index in [4.69, 9.17) is 10.3 Å². The van der Waals surface area contributed by atoms with E-state index in [2.05, 4.69) is 20.4 Å². The number of nitrogens with one attached hydrogen (secondary N) is 1. The largest absolute Gasteiger partial charge is 0.386 e. The normalized spacial score (nSPS) is 20.3. The Kier molecular flexibility index (Phi) is 6.03. The highest BCUT2D eigenvalue weighted by atomic mass is 32.2. The number of nitrogens with zero attached hydrogens (tertiary/aromatic N) is 3. The summed E-state index contributed by atoms with van der Waals surface area (Å²) in [5, 5.41) is 6.94. The molecule has 9 heteroatoms. The molecule has 6 nitrogen and oxygen atoms in total. The van der Waals surface area contributed by atoms with E-state index in [1.54, 1.807) is 23.9 Å². The van der Waals surface area contributed by atoms with Crippen molar-refractivity contribution in [3.05, 3.63) is 47.7 Å². The van der Waals surface area contributed by atoms with Crippen LogP contribution in [0.15, 0.2) is 40.0 Å². The predicted octanol–water partition coefficient (Wildman–Crippen LogP) is 5.37. The molecule has 0 bridgehead atoms. The smallest absolute Gasteiger partial charge is 0.200 e. The second-order valence-corrected chi connectivity index (χ2v) is 9.02. The van der Waals surface area contributed by atoms with E-state index in [-0.39, 0.29) is 16.1 Å². The van der Waals surface area contributed by atoms with Crippen LogP contribution in [0.5, 0.6) is 0 Å². The van der Waals surface area contributed by atoms with E-state index in [9.17, 15) is 8.78 Å². The van der Waals surface area contributed by atoms with Crippen molar-refractivity contribution in [3.63, 3.8) is 0 Å². The van der Waals surface area contributed by atoms with Gasteiger partial charge in [-0.05, 0) is 39.0 Å². The minimum Gasteiger partial charge on any atom is -0.386 e. The van der Waals surface area contributed by atoms with Gasteiger partial charge in [-0.3, -0.25) is 4.99 Å². The molecule has 0 aliphatic carbocycles. The molecule has 3 aromatic rings. The summed E-state index contributed by atoms with van der Waals surface area (Å²) in [6.07, 6.45) is 1.08. The summed E-state index contributed by atoms with van der Waals surface area (Å²) >= 11 is 1.64. The highest BCUT2D eigenvalue weighted by Crippen LogP contribution is 2.42. The zero-order chi connectivity index (χ0) is 22.1. The fourth-order valence-electron chi connectivity index (χ4n) is 3.01. The Hall–Kier alpha value is -2.68. The lowest BCUT2D eigenvalue weighted by Gasteiger charge is -2.37. The van der Waals surface area contributed by atoms with Crippen molar-refractivity contribution in [1.29, 1.82) is 0 Å². The number of anilines is 2. The van der Waals surface area contributed by atoms with Crippen molar-refractivity contribution in [1.82, 2.24) is 10.1 Å². The maximum Gasteiger partial charge on any atom is 0.200 e. The van der Waals surface area contributed by atoms with E-state index in [0.29, 0.717) is 34.2 Å². The molecule has 3 N–H and O–H groups in total. The molecule has 3 heterocycles. The fraction of sp³-hybridized carbons (Fsp3) is 0.381. The third-order valence-corrected chi connectivity index (χ3v) is 6.42. The molecule has 1 unspecified atom stereocenters. The van der Waals surface area contributed by atoms with Crippen LogP contribution in [0.4, 0.5) is 20.3 Å². The summed E-state index contributed by atoms with van der Waals surface area (Å²) in [5.41, 5.74) is 6.95. The molecule has 0 radical (unpaired) electrons. The molecule has 0 spiro atoms. The number of thioether (sulfide) groups is 1. The van der Waals surface area contributed by atoms with Crippen LogP contribution in [0.2, 0.25) is 0 Å². The second-order valence-electron chi connectivity index (χ2n) is 7.42. The van der Waals surface area contributed by atoms with Crippen molar-refractivity contribution in [2.24, 2.45) is 10.7 Å². The summed E-state index contributed by atoms with van der Waals surface area (Å²) in [7, 11) is 0. The fourth-order valence-corrected chi connectivity index (χ4v) is 4.06. The van der Waals surface area contributed by atoms with Crippen LogP contribution < -0.4 is 11.1 Å². The minimum atomic E-state index is -0.792. The van der Waals surface area contributed by atoms with E-state index in [1.807, 2.05) is 34.6 Å². The first-order chi connectivity index (χ1) is 14.2. The first kappa shape index (κ1) is 22.0. The van der Waals surface area contributed by atoms with Gasteiger partial charge in [0.2, 0.25) is 5.82 Å². The van der Waals surface area contributed by atoms with Gasteiger partial charge in [-0.2, -0.15) is 0 Å². The van der Waals surface area contributed by atoms with Crippen molar-refractivity contribution in [3.8, 4) is 0 Å². The van der Waals surface area contributed by atoms with Gasteiger partial charge in [0.05, 0.1) is 16.5 Å². The summed E-state index contributed by atoms with van der Waals surface area (Å²) in [5.74, 6) is 0.516. The number of fused-ring (bicyclic) bond motifs is 1. The van der Waals surface area contributed by atoms with E-state index < -0.39 is 11.4 Å². The number of benzene rings is 1. The van der Waals surface area contributed by atoms with Crippen LogP contribution in [-0.4, -0.2) is 26.5 Å². The Labute approximate surface area is 178 Å². The van der Waals surface area contributed by atoms with Crippen LogP contribution in [-0.2, 0) is 5.54 Å². The summed E-state index contributed by atoms with van der Waals surface area (Å²) < 4.78 is 32.7. The van der Waals surface area contributed by atoms with Gasteiger partial charge < -0.3 is 15.6 Å². The zero-order valence-corrected chi connectivity index (χ0v) is 18.4. The Morgan fingerprint density at radius 2 is 1.90 bits per heavy atom. The number of aromatic nitrogens is 2. The Balaban J connectivity index is 0.00000124. The summed E-state index contributed by atoms with van der Waals surface area (Å²) in [6.45, 7) is 9.85. The molecule has 0 fully saturated rings. The van der Waals surface area contributed by atoms with Gasteiger partial charge in [-0.1, -0.05) is 19.0 Å². The van der Waals surface area contributed by atoms with Crippen LogP contribution >= 0.6 is 11.8 Å². The second kappa shape index (κ2) is 8.22. The number of halogens is 2. The summed E-state index contributed by atoms with van der Waals surface area (Å²) in [6, 6.07) is 5.83. The predicted molar refractivity (Wildman–Crippen MR) is 118 cm³/mol. The molecule has 0 amide bonds. The Bertz CT molecular complexity index is 1100. The number of rotatable bonds is 3. The number of pyridine rings is 1. The number of aliphatic imine (C=N–C) groups is 1. The third-order valence-electron chi connectivity index (χ3n) is 4.79. The molecule has 0 saturated carbocycles. The van der Waals surface area contributed by atoms with Gasteiger partial charge >= 0.3 is 0 Å². The number of nitrogens with two attached hydrogens (primary N) is 1. The van der Waals surface area contributed by atoms with Crippen molar-refractivity contribution in [2.75, 3.05) is 11.1 Å². The molecular weight excluding hydrogens is 408 g/mol. The molecule has 1 aliphatic rings. The van der Waals surface area contributed by atoms with Gasteiger partial charge in [0.15, 0.2) is 11.1 Å². The van der Waals surface area contributed by atoms with E-state index >= 15 is 0 Å². The molecule has 4 rings (SSSR count). The first-order valence-corrected chi connectivity index (χ1v) is 10.6. The minimum absolute atomic E-state index is 0.222. The lowest BCUT2D eigenvalue weighted by molar-refractivity contribution is 0.458. The molecule has 1 aliphatic heterocycles. The zero-order valence-electron chi connectivity index (χ0n) is 17.6. The quantitative estimate of drug-likeness (QED) is 0.577. The number of hydrogen-bond donors (Lipinski definition) is 2. The van der Waals surface area contributed by atoms with Crippen LogP contribution in [0.3, 0.4) is 0 Å².